The van der Waals surface area contributed by atoms with Crippen molar-refractivity contribution in [3.8, 4) is 0 Å². The molecule has 1 aromatic heterocycles. The Morgan fingerprint density at radius 1 is 1.32 bits per heavy atom. The van der Waals surface area contributed by atoms with Crippen molar-refractivity contribution >= 4 is 34.9 Å². The van der Waals surface area contributed by atoms with Gasteiger partial charge in [0.1, 0.15) is 17.2 Å². The highest BCUT2D eigenvalue weighted by molar-refractivity contribution is 6.43. The topological polar surface area (TPSA) is 54.9 Å². The maximum atomic E-state index is 13.4. The molecule has 0 atom stereocenters. The highest BCUT2D eigenvalue weighted by atomic mass is 35.5. The van der Waals surface area contributed by atoms with Gasteiger partial charge < -0.3 is 5.32 Å². The number of rotatable bonds is 2. The van der Waals surface area contributed by atoms with Gasteiger partial charge in [0.25, 0.3) is 5.91 Å². The Bertz CT molecular complexity index is 649. The van der Waals surface area contributed by atoms with E-state index in [1.807, 2.05) is 0 Å². The summed E-state index contributed by atoms with van der Waals surface area (Å²) in [7, 11) is 0. The van der Waals surface area contributed by atoms with Gasteiger partial charge in [-0.3, -0.25) is 4.79 Å². The van der Waals surface area contributed by atoms with Crippen molar-refractivity contribution in [2.75, 3.05) is 5.32 Å². The summed E-state index contributed by atoms with van der Waals surface area (Å²) in [6.45, 7) is 1.61. The highest BCUT2D eigenvalue weighted by Crippen LogP contribution is 2.25. The summed E-state index contributed by atoms with van der Waals surface area (Å²) in [5.74, 6) is -0.914. The lowest BCUT2D eigenvalue weighted by molar-refractivity contribution is 0.102. The fraction of sp³-hybridized carbons (Fsp3) is 0.0833. The predicted molar refractivity (Wildman–Crippen MR) is 71.1 cm³/mol. The summed E-state index contributed by atoms with van der Waals surface area (Å²) in [6, 6.07) is 4.16. The fourth-order valence-corrected chi connectivity index (χ4v) is 1.63. The molecule has 0 bridgehead atoms. The lowest BCUT2D eigenvalue weighted by atomic mass is 10.1. The van der Waals surface area contributed by atoms with E-state index < -0.39 is 11.7 Å². The van der Waals surface area contributed by atoms with Gasteiger partial charge >= 0.3 is 0 Å². The lowest BCUT2D eigenvalue weighted by Crippen LogP contribution is -2.14. The number of hydrogen-bond donors (Lipinski definition) is 1. The van der Waals surface area contributed by atoms with Crippen molar-refractivity contribution in [1.82, 2.24) is 9.97 Å². The molecule has 98 valence electrons. The largest absolute Gasteiger partial charge is 0.305 e. The van der Waals surface area contributed by atoms with E-state index in [9.17, 15) is 9.18 Å². The molecule has 0 aliphatic rings. The van der Waals surface area contributed by atoms with Crippen molar-refractivity contribution in [3.05, 3.63) is 51.6 Å². The molecular formula is C12H8Cl2FN3O. The van der Waals surface area contributed by atoms with Gasteiger partial charge in [0.05, 0.1) is 0 Å². The number of carbonyl (C=O) groups is 1. The molecular weight excluding hydrogens is 292 g/mol. The second-order valence-electron chi connectivity index (χ2n) is 3.75. The zero-order valence-electron chi connectivity index (χ0n) is 9.75. The van der Waals surface area contributed by atoms with Gasteiger partial charge in [-0.25, -0.2) is 14.4 Å². The second kappa shape index (κ2) is 5.50. The number of benzene rings is 1. The third kappa shape index (κ3) is 3.00. The number of aryl methyl sites for hydroxylation is 1. The third-order valence-electron chi connectivity index (χ3n) is 2.41. The second-order valence-corrected chi connectivity index (χ2v) is 4.48. The monoisotopic (exact) mass is 299 g/mol. The maximum Gasteiger partial charge on any atom is 0.256 e. The molecule has 0 aliphatic carbocycles. The minimum atomic E-state index is -0.532. The first kappa shape index (κ1) is 13.7. The maximum absolute atomic E-state index is 13.4. The van der Waals surface area contributed by atoms with E-state index in [0.29, 0.717) is 5.56 Å². The number of halogens is 3. The molecule has 19 heavy (non-hydrogen) atoms. The van der Waals surface area contributed by atoms with E-state index in [0.717, 1.165) is 6.07 Å². The van der Waals surface area contributed by atoms with Crippen LogP contribution >= 0.6 is 23.2 Å². The zero-order valence-corrected chi connectivity index (χ0v) is 11.3. The first-order valence-electron chi connectivity index (χ1n) is 5.22. The van der Waals surface area contributed by atoms with Crippen LogP contribution in [0.1, 0.15) is 15.9 Å². The van der Waals surface area contributed by atoms with E-state index >= 15 is 0 Å². The number of nitrogens with zero attached hydrogens (tertiary/aromatic N) is 2. The van der Waals surface area contributed by atoms with Gasteiger partial charge in [0, 0.05) is 5.56 Å². The molecule has 0 saturated heterocycles. The normalized spacial score (nSPS) is 10.3. The van der Waals surface area contributed by atoms with Crippen LogP contribution in [-0.4, -0.2) is 15.9 Å². The Balaban J connectivity index is 2.26. The molecule has 1 aromatic carbocycles. The summed E-state index contributed by atoms with van der Waals surface area (Å²) < 4.78 is 13.4. The zero-order chi connectivity index (χ0) is 14.0. The standard InChI is InChI=1S/C12H8Cl2FN3O/c1-6-2-3-7(4-8(6)15)12(19)18-11-9(13)10(14)16-5-17-11/h2-5H,1H3,(H,16,17,18,19). The molecule has 0 unspecified atom stereocenters. The van der Waals surface area contributed by atoms with Gasteiger partial charge in [0.15, 0.2) is 11.0 Å². The van der Waals surface area contributed by atoms with E-state index in [-0.39, 0.29) is 21.6 Å². The first-order valence-corrected chi connectivity index (χ1v) is 5.98. The van der Waals surface area contributed by atoms with Crippen molar-refractivity contribution < 1.29 is 9.18 Å². The van der Waals surface area contributed by atoms with Gasteiger partial charge in [-0.05, 0) is 24.6 Å². The van der Waals surface area contributed by atoms with Crippen molar-refractivity contribution in [2.24, 2.45) is 0 Å². The number of nitrogens with one attached hydrogen (secondary N) is 1. The average molecular weight is 300 g/mol. The quantitative estimate of drug-likeness (QED) is 0.864. The summed E-state index contributed by atoms with van der Waals surface area (Å²) in [5.41, 5.74) is 0.619. The molecule has 2 aromatic rings. The van der Waals surface area contributed by atoms with Crippen LogP contribution in [0.5, 0.6) is 0 Å². The minimum absolute atomic E-state index is 0.0297. The van der Waals surface area contributed by atoms with Crippen LogP contribution in [0.15, 0.2) is 24.5 Å². The van der Waals surface area contributed by atoms with E-state index in [1.165, 1.54) is 18.5 Å². The SMILES string of the molecule is Cc1ccc(C(=O)Nc2ncnc(Cl)c2Cl)cc1F. The molecule has 1 amide bonds. The summed E-state index contributed by atoms with van der Waals surface area (Å²) in [5, 5.41) is 2.50. The fourth-order valence-electron chi connectivity index (χ4n) is 1.35. The average Bonchev–Trinajstić information content (AvgIpc) is 2.38. The summed E-state index contributed by atoms with van der Waals surface area (Å²) >= 11 is 11.5. The van der Waals surface area contributed by atoms with E-state index in [1.54, 1.807) is 6.92 Å². The molecule has 0 radical (unpaired) electrons. The number of amides is 1. The van der Waals surface area contributed by atoms with Crippen LogP contribution in [0.25, 0.3) is 0 Å². The number of carbonyl (C=O) groups excluding carboxylic acids is 1. The molecule has 2 rings (SSSR count). The van der Waals surface area contributed by atoms with E-state index in [4.69, 9.17) is 23.2 Å². The number of hydrogen-bond acceptors (Lipinski definition) is 3. The molecule has 0 spiro atoms. The Morgan fingerprint density at radius 2 is 2.05 bits per heavy atom. The van der Waals surface area contributed by atoms with Crippen LogP contribution in [0.2, 0.25) is 10.2 Å². The Labute approximate surface area is 118 Å². The summed E-state index contributed by atoms with van der Waals surface area (Å²) in [4.78, 5) is 19.3. The van der Waals surface area contributed by atoms with Crippen molar-refractivity contribution in [2.45, 2.75) is 6.92 Å². The Kier molecular flexibility index (Phi) is 3.97. The molecule has 1 N–H and O–H groups in total. The lowest BCUT2D eigenvalue weighted by Gasteiger charge is -2.07. The Morgan fingerprint density at radius 3 is 2.74 bits per heavy atom. The van der Waals surface area contributed by atoms with E-state index in [2.05, 4.69) is 15.3 Å². The van der Waals surface area contributed by atoms with Gasteiger partial charge in [-0.15, -0.1) is 0 Å². The first-order chi connectivity index (χ1) is 8.99. The van der Waals surface area contributed by atoms with Gasteiger partial charge in [0.2, 0.25) is 0 Å². The molecule has 0 saturated carbocycles. The van der Waals surface area contributed by atoms with Crippen LogP contribution < -0.4 is 5.32 Å². The molecule has 4 nitrogen and oxygen atoms in total. The molecule has 0 aliphatic heterocycles. The highest BCUT2D eigenvalue weighted by Gasteiger charge is 2.13. The van der Waals surface area contributed by atoms with Crippen molar-refractivity contribution in [3.63, 3.8) is 0 Å². The smallest absolute Gasteiger partial charge is 0.256 e. The minimum Gasteiger partial charge on any atom is -0.305 e. The Hall–Kier alpha value is -1.72. The molecule has 0 fully saturated rings. The van der Waals surface area contributed by atoms with Gasteiger partial charge in [-0.1, -0.05) is 29.3 Å². The third-order valence-corrected chi connectivity index (χ3v) is 3.15. The number of aromatic nitrogens is 2. The number of anilines is 1. The van der Waals surface area contributed by atoms with Crippen LogP contribution in [-0.2, 0) is 0 Å². The van der Waals surface area contributed by atoms with Crippen molar-refractivity contribution in [1.29, 1.82) is 0 Å². The van der Waals surface area contributed by atoms with Crippen LogP contribution in [0, 0.1) is 12.7 Å². The van der Waals surface area contributed by atoms with Crippen LogP contribution in [0.3, 0.4) is 0 Å². The summed E-state index contributed by atoms with van der Waals surface area (Å²) in [6.07, 6.45) is 1.17. The molecule has 7 heteroatoms. The molecule has 1 heterocycles. The predicted octanol–water partition coefficient (Wildman–Crippen LogP) is 3.48. The van der Waals surface area contributed by atoms with Gasteiger partial charge in [-0.2, -0.15) is 0 Å². The van der Waals surface area contributed by atoms with Crippen LogP contribution in [0.4, 0.5) is 10.2 Å².